The van der Waals surface area contributed by atoms with E-state index >= 15 is 0 Å². The molecule has 1 amide bonds. The number of hydrogen-bond donors (Lipinski definition) is 3. The first-order valence-corrected chi connectivity index (χ1v) is 6.37. The smallest absolute Gasteiger partial charge is 0.221 e. The van der Waals surface area contributed by atoms with Crippen molar-refractivity contribution in [2.45, 2.75) is 32.2 Å². The topological polar surface area (TPSA) is 78.9 Å². The maximum atomic E-state index is 11.5. The summed E-state index contributed by atoms with van der Waals surface area (Å²) >= 11 is 0. The number of nitrogens with one attached hydrogen (secondary N) is 3. The van der Waals surface area contributed by atoms with Gasteiger partial charge >= 0.3 is 0 Å². The molecule has 1 fully saturated rings. The van der Waals surface area contributed by atoms with Crippen LogP contribution in [0.15, 0.2) is 12.4 Å². The first kappa shape index (κ1) is 12.6. The van der Waals surface area contributed by atoms with E-state index in [1.165, 1.54) is 0 Å². The van der Waals surface area contributed by atoms with Crippen LogP contribution in [0.1, 0.15) is 26.2 Å². The van der Waals surface area contributed by atoms with Crippen LogP contribution in [0.5, 0.6) is 0 Å². The van der Waals surface area contributed by atoms with Crippen molar-refractivity contribution in [3.8, 4) is 0 Å². The number of hydrogen-bond acceptors (Lipinski definition) is 5. The molecule has 0 atom stereocenters. The quantitative estimate of drug-likeness (QED) is 0.671. The van der Waals surface area contributed by atoms with Crippen molar-refractivity contribution in [1.82, 2.24) is 15.3 Å². The van der Waals surface area contributed by atoms with Gasteiger partial charge in [0.05, 0.1) is 12.4 Å². The first-order chi connectivity index (χ1) is 8.78. The summed E-state index contributed by atoms with van der Waals surface area (Å²) in [5.41, 5.74) is 0. The summed E-state index contributed by atoms with van der Waals surface area (Å²) in [6.45, 7) is 3.38. The second kappa shape index (κ2) is 6.18. The summed E-state index contributed by atoms with van der Waals surface area (Å²) in [6, 6.07) is 0.425. The maximum absolute atomic E-state index is 11.5. The average molecular weight is 249 g/mol. The Labute approximate surface area is 107 Å². The fourth-order valence-electron chi connectivity index (χ4n) is 1.55. The van der Waals surface area contributed by atoms with Gasteiger partial charge in [0.25, 0.3) is 0 Å². The fraction of sp³-hybridized carbons (Fsp3) is 0.583. The molecule has 0 spiro atoms. The molecule has 2 rings (SSSR count). The molecule has 0 unspecified atom stereocenters. The van der Waals surface area contributed by atoms with Gasteiger partial charge in [-0.15, -0.1) is 0 Å². The minimum atomic E-state index is 0.0980. The van der Waals surface area contributed by atoms with Crippen molar-refractivity contribution < 1.29 is 4.79 Å². The molecule has 3 N–H and O–H groups in total. The second-order valence-electron chi connectivity index (χ2n) is 4.34. The van der Waals surface area contributed by atoms with Gasteiger partial charge in [0.1, 0.15) is 11.6 Å². The third-order valence-electron chi connectivity index (χ3n) is 2.59. The van der Waals surface area contributed by atoms with Crippen LogP contribution in [-0.4, -0.2) is 35.0 Å². The number of carbonyl (C=O) groups is 1. The van der Waals surface area contributed by atoms with Crippen molar-refractivity contribution in [2.75, 3.05) is 23.7 Å². The van der Waals surface area contributed by atoms with Gasteiger partial charge in [-0.2, -0.15) is 0 Å². The molecule has 0 saturated heterocycles. The van der Waals surface area contributed by atoms with Crippen LogP contribution in [0.25, 0.3) is 0 Å². The zero-order valence-electron chi connectivity index (χ0n) is 10.6. The van der Waals surface area contributed by atoms with E-state index in [2.05, 4.69) is 25.9 Å². The van der Waals surface area contributed by atoms with Crippen LogP contribution in [-0.2, 0) is 4.79 Å². The normalized spacial score (nSPS) is 14.1. The van der Waals surface area contributed by atoms with Crippen LogP contribution < -0.4 is 16.0 Å². The summed E-state index contributed by atoms with van der Waals surface area (Å²) in [5, 5.41) is 9.13. The van der Waals surface area contributed by atoms with E-state index in [4.69, 9.17) is 0 Å². The predicted octanol–water partition coefficient (Wildman–Crippen LogP) is 0.989. The Morgan fingerprint density at radius 2 is 2.06 bits per heavy atom. The van der Waals surface area contributed by atoms with Gasteiger partial charge in [-0.25, -0.2) is 4.98 Å². The molecule has 0 radical (unpaired) electrons. The standard InChI is InChI=1S/C12H19N5O/c1-2-14-10-7-13-8-11(17-10)15-6-5-12(18)16-9-3-4-9/h7-9H,2-6H2,1H3,(H,16,18)(H2,14,15,17). The molecule has 0 bridgehead atoms. The van der Waals surface area contributed by atoms with E-state index in [-0.39, 0.29) is 5.91 Å². The lowest BCUT2D eigenvalue weighted by atomic mass is 10.4. The highest BCUT2D eigenvalue weighted by Gasteiger charge is 2.22. The fourth-order valence-corrected chi connectivity index (χ4v) is 1.55. The highest BCUT2D eigenvalue weighted by molar-refractivity contribution is 5.77. The van der Waals surface area contributed by atoms with E-state index in [0.717, 1.165) is 25.2 Å². The molecular weight excluding hydrogens is 230 g/mol. The van der Waals surface area contributed by atoms with Gasteiger partial charge in [0.2, 0.25) is 5.91 Å². The molecule has 1 aromatic heterocycles. The third-order valence-corrected chi connectivity index (χ3v) is 2.59. The van der Waals surface area contributed by atoms with Crippen LogP contribution >= 0.6 is 0 Å². The van der Waals surface area contributed by atoms with Crippen molar-refractivity contribution in [3.63, 3.8) is 0 Å². The molecule has 1 heterocycles. The largest absolute Gasteiger partial charge is 0.369 e. The minimum absolute atomic E-state index is 0.0980. The van der Waals surface area contributed by atoms with E-state index in [1.807, 2.05) is 6.92 Å². The van der Waals surface area contributed by atoms with Crippen molar-refractivity contribution in [2.24, 2.45) is 0 Å². The van der Waals surface area contributed by atoms with Crippen molar-refractivity contribution in [1.29, 1.82) is 0 Å². The Morgan fingerprint density at radius 1 is 1.33 bits per heavy atom. The second-order valence-corrected chi connectivity index (χ2v) is 4.34. The third kappa shape index (κ3) is 4.20. The summed E-state index contributed by atoms with van der Waals surface area (Å²) in [6.07, 6.45) is 6.03. The van der Waals surface area contributed by atoms with Crippen LogP contribution in [0.4, 0.5) is 11.6 Å². The molecule has 0 aromatic carbocycles. The summed E-state index contributed by atoms with van der Waals surface area (Å²) in [7, 11) is 0. The Balaban J connectivity index is 1.71. The molecule has 1 saturated carbocycles. The zero-order chi connectivity index (χ0) is 12.8. The van der Waals surface area contributed by atoms with Gasteiger partial charge in [0, 0.05) is 25.6 Å². The van der Waals surface area contributed by atoms with Crippen molar-refractivity contribution in [3.05, 3.63) is 12.4 Å². The molecular formula is C12H19N5O. The highest BCUT2D eigenvalue weighted by atomic mass is 16.1. The molecule has 1 aromatic rings. The zero-order valence-corrected chi connectivity index (χ0v) is 10.6. The summed E-state index contributed by atoms with van der Waals surface area (Å²) in [5.74, 6) is 1.53. The van der Waals surface area contributed by atoms with E-state index in [1.54, 1.807) is 12.4 Å². The van der Waals surface area contributed by atoms with Crippen LogP contribution in [0.2, 0.25) is 0 Å². The molecule has 98 valence electrons. The number of rotatable bonds is 7. The first-order valence-electron chi connectivity index (χ1n) is 6.37. The maximum Gasteiger partial charge on any atom is 0.221 e. The summed E-state index contributed by atoms with van der Waals surface area (Å²) < 4.78 is 0. The lowest BCUT2D eigenvalue weighted by Crippen LogP contribution is -2.27. The van der Waals surface area contributed by atoms with E-state index in [0.29, 0.717) is 24.8 Å². The molecule has 6 nitrogen and oxygen atoms in total. The summed E-state index contributed by atoms with van der Waals surface area (Å²) in [4.78, 5) is 19.8. The monoisotopic (exact) mass is 249 g/mol. The number of carbonyl (C=O) groups excluding carboxylic acids is 1. The van der Waals surface area contributed by atoms with E-state index in [9.17, 15) is 4.79 Å². The van der Waals surface area contributed by atoms with Gasteiger partial charge < -0.3 is 16.0 Å². The molecule has 6 heteroatoms. The van der Waals surface area contributed by atoms with Gasteiger partial charge in [-0.1, -0.05) is 0 Å². The van der Waals surface area contributed by atoms with Crippen LogP contribution in [0, 0.1) is 0 Å². The number of anilines is 2. The van der Waals surface area contributed by atoms with E-state index < -0.39 is 0 Å². The van der Waals surface area contributed by atoms with Gasteiger partial charge in [-0.05, 0) is 19.8 Å². The minimum Gasteiger partial charge on any atom is -0.369 e. The Hall–Kier alpha value is -1.85. The van der Waals surface area contributed by atoms with Gasteiger partial charge in [0.15, 0.2) is 0 Å². The average Bonchev–Trinajstić information content (AvgIpc) is 3.14. The highest BCUT2D eigenvalue weighted by Crippen LogP contribution is 2.18. The Kier molecular flexibility index (Phi) is 4.33. The predicted molar refractivity (Wildman–Crippen MR) is 70.5 cm³/mol. The van der Waals surface area contributed by atoms with Gasteiger partial charge in [-0.3, -0.25) is 9.78 Å². The molecule has 18 heavy (non-hydrogen) atoms. The molecule has 0 aliphatic heterocycles. The molecule has 1 aliphatic carbocycles. The lowest BCUT2D eigenvalue weighted by molar-refractivity contribution is -0.120. The SMILES string of the molecule is CCNc1cncc(NCCC(=O)NC2CC2)n1. The number of amides is 1. The van der Waals surface area contributed by atoms with Crippen molar-refractivity contribution >= 4 is 17.5 Å². The number of aromatic nitrogens is 2. The Bertz CT molecular complexity index is 405. The number of nitrogens with zero attached hydrogens (tertiary/aromatic N) is 2. The van der Waals surface area contributed by atoms with Crippen LogP contribution in [0.3, 0.4) is 0 Å². The lowest BCUT2D eigenvalue weighted by Gasteiger charge is -2.07. The Morgan fingerprint density at radius 3 is 2.72 bits per heavy atom. The molecule has 1 aliphatic rings.